The number of hydrogen-bond acceptors (Lipinski definition) is 5. The zero-order chi connectivity index (χ0) is 14.0. The molecule has 0 aliphatic carbocycles. The van der Waals surface area contributed by atoms with Gasteiger partial charge in [-0.1, -0.05) is 6.92 Å². The second kappa shape index (κ2) is 10.4. The molecule has 0 saturated heterocycles. The van der Waals surface area contributed by atoms with Crippen LogP contribution in [0.4, 0.5) is 0 Å². The smallest absolute Gasteiger partial charge is 0.217 e. The number of rotatable bonds is 11. The summed E-state index contributed by atoms with van der Waals surface area (Å²) in [5.74, 6) is 0.0510. The molecule has 0 aromatic carbocycles. The summed E-state index contributed by atoms with van der Waals surface area (Å²) >= 11 is 0. The summed E-state index contributed by atoms with van der Waals surface area (Å²) in [4.78, 5) is 12.0. The van der Waals surface area contributed by atoms with E-state index >= 15 is 0 Å². The van der Waals surface area contributed by atoms with Gasteiger partial charge >= 0.3 is 0 Å². The zero-order valence-electron chi connectivity index (χ0n) is 12.1. The molecule has 0 radical (unpaired) electrons. The Morgan fingerprint density at radius 1 is 1.06 bits per heavy atom. The van der Waals surface area contributed by atoms with E-state index in [1.165, 1.54) is 0 Å². The van der Waals surface area contributed by atoms with Crippen LogP contribution in [0.15, 0.2) is 0 Å². The third-order valence-corrected chi connectivity index (χ3v) is 2.67. The van der Waals surface area contributed by atoms with Crippen LogP contribution in [0, 0.1) is 5.92 Å². The van der Waals surface area contributed by atoms with Gasteiger partial charge < -0.3 is 18.9 Å². The second-order valence-corrected chi connectivity index (χ2v) is 4.17. The molecule has 0 saturated carbocycles. The summed E-state index contributed by atoms with van der Waals surface area (Å²) in [6.45, 7) is 8.72. The van der Waals surface area contributed by atoms with Crippen molar-refractivity contribution in [3.8, 4) is 0 Å². The molecule has 0 N–H and O–H groups in total. The molecular formula is C13H26O5. The van der Waals surface area contributed by atoms with E-state index in [9.17, 15) is 4.79 Å². The topological polar surface area (TPSA) is 54.0 Å². The Labute approximate surface area is 110 Å². The lowest BCUT2D eigenvalue weighted by Gasteiger charge is -2.22. The first-order chi connectivity index (χ1) is 8.56. The van der Waals surface area contributed by atoms with E-state index in [0.717, 1.165) is 0 Å². The maximum Gasteiger partial charge on any atom is 0.217 e. The summed E-state index contributed by atoms with van der Waals surface area (Å²) in [6, 6.07) is 0. The quantitative estimate of drug-likeness (QED) is 0.533. The van der Waals surface area contributed by atoms with Crippen LogP contribution >= 0.6 is 0 Å². The van der Waals surface area contributed by atoms with Gasteiger partial charge in [-0.2, -0.15) is 0 Å². The van der Waals surface area contributed by atoms with E-state index in [-0.39, 0.29) is 24.6 Å². The average molecular weight is 262 g/mol. The van der Waals surface area contributed by atoms with Crippen molar-refractivity contribution in [3.05, 3.63) is 0 Å². The molecule has 0 unspecified atom stereocenters. The molecule has 0 rings (SSSR count). The Balaban J connectivity index is 4.16. The normalized spacial score (nSPS) is 14.8. The van der Waals surface area contributed by atoms with E-state index < -0.39 is 6.29 Å². The van der Waals surface area contributed by atoms with Gasteiger partial charge in [0.1, 0.15) is 6.79 Å². The summed E-state index contributed by atoms with van der Waals surface area (Å²) in [5.41, 5.74) is 0. The number of hydrogen-bond donors (Lipinski definition) is 0. The molecule has 0 fully saturated rings. The predicted molar refractivity (Wildman–Crippen MR) is 68.3 cm³/mol. The summed E-state index contributed by atoms with van der Waals surface area (Å²) in [7, 11) is 1.57. The Morgan fingerprint density at radius 2 is 1.61 bits per heavy atom. The lowest BCUT2D eigenvalue weighted by atomic mass is 9.99. The molecule has 2 atom stereocenters. The van der Waals surface area contributed by atoms with E-state index in [2.05, 4.69) is 0 Å². The molecule has 0 spiro atoms. The Bertz CT molecular complexity index is 213. The molecule has 0 aromatic heterocycles. The van der Waals surface area contributed by atoms with Crippen LogP contribution in [0.5, 0.6) is 0 Å². The van der Waals surface area contributed by atoms with Crippen LogP contribution < -0.4 is 0 Å². The molecular weight excluding hydrogens is 236 g/mol. The number of Topliss-reactive ketones (excluding diaryl/α,β-unsaturated/α-hetero) is 1. The maximum absolute atomic E-state index is 12.0. The first-order valence-electron chi connectivity index (χ1n) is 6.43. The third kappa shape index (κ3) is 7.06. The van der Waals surface area contributed by atoms with Crippen LogP contribution in [-0.4, -0.2) is 45.3 Å². The van der Waals surface area contributed by atoms with Crippen molar-refractivity contribution in [1.82, 2.24) is 0 Å². The lowest BCUT2D eigenvalue weighted by Crippen LogP contribution is -2.31. The third-order valence-electron chi connectivity index (χ3n) is 2.67. The molecule has 5 heteroatoms. The van der Waals surface area contributed by atoms with Crippen LogP contribution in [0.1, 0.15) is 34.1 Å². The van der Waals surface area contributed by atoms with Gasteiger partial charge in [0, 0.05) is 26.7 Å². The largest absolute Gasteiger partial charge is 0.359 e. The monoisotopic (exact) mass is 262 g/mol. The van der Waals surface area contributed by atoms with Gasteiger partial charge in [-0.15, -0.1) is 0 Å². The first kappa shape index (κ1) is 17.5. The minimum absolute atomic E-state index is 0.0425. The Morgan fingerprint density at radius 3 is 2.06 bits per heavy atom. The van der Waals surface area contributed by atoms with Crippen LogP contribution in [-0.2, 0) is 23.7 Å². The van der Waals surface area contributed by atoms with Gasteiger partial charge in [0.2, 0.25) is 6.29 Å². The number of methoxy groups -OCH3 is 1. The van der Waals surface area contributed by atoms with Crippen molar-refractivity contribution in [2.45, 2.75) is 46.5 Å². The highest BCUT2D eigenvalue weighted by Gasteiger charge is 2.23. The highest BCUT2D eigenvalue weighted by atomic mass is 16.7. The molecule has 0 aliphatic rings. The first-order valence-corrected chi connectivity index (χ1v) is 6.43. The number of ketones is 1. The van der Waals surface area contributed by atoms with Crippen molar-refractivity contribution in [2.75, 3.05) is 27.1 Å². The highest BCUT2D eigenvalue weighted by molar-refractivity contribution is 5.82. The molecule has 0 aliphatic heterocycles. The molecule has 108 valence electrons. The number of ether oxygens (including phenoxy) is 4. The minimum Gasteiger partial charge on any atom is -0.359 e. The Hall–Kier alpha value is -0.490. The molecule has 0 bridgehead atoms. The zero-order valence-corrected chi connectivity index (χ0v) is 12.1. The van der Waals surface area contributed by atoms with Crippen LogP contribution in [0.2, 0.25) is 0 Å². The maximum atomic E-state index is 12.0. The molecule has 0 heterocycles. The van der Waals surface area contributed by atoms with Crippen molar-refractivity contribution < 1.29 is 23.7 Å². The average Bonchev–Trinajstić information content (AvgIpc) is 2.35. The fourth-order valence-electron chi connectivity index (χ4n) is 1.46. The van der Waals surface area contributed by atoms with Gasteiger partial charge in [0.25, 0.3) is 0 Å². The van der Waals surface area contributed by atoms with E-state index in [0.29, 0.717) is 19.6 Å². The molecule has 0 amide bonds. The van der Waals surface area contributed by atoms with E-state index in [4.69, 9.17) is 18.9 Å². The molecule has 0 aromatic rings. The lowest BCUT2D eigenvalue weighted by molar-refractivity contribution is -0.170. The highest BCUT2D eigenvalue weighted by Crippen LogP contribution is 2.14. The molecule has 18 heavy (non-hydrogen) atoms. The van der Waals surface area contributed by atoms with Crippen molar-refractivity contribution >= 4 is 5.78 Å². The van der Waals surface area contributed by atoms with E-state index in [1.54, 1.807) is 7.11 Å². The SMILES string of the molecule is CCOC(OCC)C(=O)C[C@@H](C)[C@H](C)OCOC. The summed E-state index contributed by atoms with van der Waals surface area (Å²) in [6.07, 6.45) is -0.426. The summed E-state index contributed by atoms with van der Waals surface area (Å²) < 4.78 is 20.8. The van der Waals surface area contributed by atoms with Gasteiger partial charge in [-0.25, -0.2) is 0 Å². The standard InChI is InChI=1S/C13H26O5/c1-6-16-13(17-7-2)12(14)8-10(3)11(4)18-9-15-5/h10-11,13H,6-9H2,1-5H3/t10-,11+/m1/s1. The second-order valence-electron chi connectivity index (χ2n) is 4.17. The fourth-order valence-corrected chi connectivity index (χ4v) is 1.46. The minimum atomic E-state index is -0.753. The molecule has 5 nitrogen and oxygen atoms in total. The summed E-state index contributed by atoms with van der Waals surface area (Å²) in [5, 5.41) is 0. The van der Waals surface area contributed by atoms with Gasteiger partial charge in [-0.05, 0) is 26.7 Å². The van der Waals surface area contributed by atoms with Crippen molar-refractivity contribution in [2.24, 2.45) is 5.92 Å². The van der Waals surface area contributed by atoms with Crippen LogP contribution in [0.25, 0.3) is 0 Å². The fraction of sp³-hybridized carbons (Fsp3) is 0.923. The number of carbonyl (C=O) groups excluding carboxylic acids is 1. The van der Waals surface area contributed by atoms with Gasteiger partial charge in [0.05, 0.1) is 6.10 Å². The van der Waals surface area contributed by atoms with E-state index in [1.807, 2.05) is 27.7 Å². The van der Waals surface area contributed by atoms with Crippen LogP contribution in [0.3, 0.4) is 0 Å². The van der Waals surface area contributed by atoms with Crippen molar-refractivity contribution in [1.29, 1.82) is 0 Å². The predicted octanol–water partition coefficient (Wildman–Crippen LogP) is 1.99. The number of carbonyl (C=O) groups is 1. The van der Waals surface area contributed by atoms with Crippen molar-refractivity contribution in [3.63, 3.8) is 0 Å². The Kier molecular flexibility index (Phi) is 10.2. The van der Waals surface area contributed by atoms with Gasteiger partial charge in [0.15, 0.2) is 5.78 Å². The van der Waals surface area contributed by atoms with Gasteiger partial charge in [-0.3, -0.25) is 4.79 Å².